The van der Waals surface area contributed by atoms with E-state index in [1.807, 2.05) is 0 Å². The number of urea groups is 1. The fraction of sp³-hybridized carbons (Fsp3) is 0.857. The van der Waals surface area contributed by atoms with Gasteiger partial charge >= 0.3 is 6.03 Å². The Morgan fingerprint density at radius 2 is 2.58 bits per heavy atom. The lowest BCUT2D eigenvalue weighted by atomic mass is 10.1. The summed E-state index contributed by atoms with van der Waals surface area (Å²) >= 11 is 0. The molecule has 0 aromatic rings. The van der Waals surface area contributed by atoms with Gasteiger partial charge in [0, 0.05) is 26.1 Å². The molecule has 5 nitrogen and oxygen atoms in total. The summed E-state index contributed by atoms with van der Waals surface area (Å²) in [7, 11) is 1.72. The van der Waals surface area contributed by atoms with Gasteiger partial charge in [-0.3, -0.25) is 5.43 Å². The Hall–Kier alpha value is -0.810. The van der Waals surface area contributed by atoms with Crippen LogP contribution in [0.3, 0.4) is 0 Å². The normalized spacial score (nSPS) is 22.3. The second-order valence-corrected chi connectivity index (χ2v) is 3.06. The Labute approximate surface area is 71.8 Å². The van der Waals surface area contributed by atoms with E-state index < -0.39 is 0 Å². The van der Waals surface area contributed by atoms with Crippen LogP contribution in [-0.4, -0.2) is 37.7 Å². The van der Waals surface area contributed by atoms with Gasteiger partial charge in [0.25, 0.3) is 0 Å². The highest BCUT2D eigenvalue weighted by Crippen LogP contribution is 2.12. The summed E-state index contributed by atoms with van der Waals surface area (Å²) in [5, 5.41) is 0. The number of nitrogens with two attached hydrogens (primary N) is 1. The molecule has 1 aliphatic rings. The first-order valence-corrected chi connectivity index (χ1v) is 4.03. The van der Waals surface area contributed by atoms with Crippen LogP contribution < -0.4 is 11.3 Å². The lowest BCUT2D eigenvalue weighted by Gasteiger charge is -2.19. The van der Waals surface area contributed by atoms with Gasteiger partial charge in [0.2, 0.25) is 0 Å². The van der Waals surface area contributed by atoms with Crippen LogP contribution in [0.2, 0.25) is 0 Å². The Morgan fingerprint density at radius 3 is 3.08 bits per heavy atom. The van der Waals surface area contributed by atoms with E-state index in [4.69, 9.17) is 10.6 Å². The molecule has 1 heterocycles. The number of ether oxygens (including phenoxy) is 1. The Kier molecular flexibility index (Phi) is 3.31. The van der Waals surface area contributed by atoms with Crippen molar-refractivity contribution in [3.05, 3.63) is 0 Å². The minimum Gasteiger partial charge on any atom is -0.381 e. The Balaban J connectivity index is 2.24. The maximum absolute atomic E-state index is 10.9. The van der Waals surface area contributed by atoms with Crippen LogP contribution in [-0.2, 0) is 4.74 Å². The molecule has 0 bridgehead atoms. The average molecular weight is 173 g/mol. The third-order valence-electron chi connectivity index (χ3n) is 2.03. The van der Waals surface area contributed by atoms with E-state index in [1.165, 1.54) is 0 Å². The van der Waals surface area contributed by atoms with E-state index in [-0.39, 0.29) is 6.03 Å². The van der Waals surface area contributed by atoms with Crippen molar-refractivity contribution < 1.29 is 9.53 Å². The molecule has 1 rings (SSSR count). The van der Waals surface area contributed by atoms with Crippen molar-refractivity contribution in [2.75, 3.05) is 26.8 Å². The number of hydrazine groups is 1. The molecule has 1 atom stereocenters. The van der Waals surface area contributed by atoms with Crippen LogP contribution in [0.1, 0.15) is 6.42 Å². The SMILES string of the molecule is CN(CC1CCOC1)C(=O)NN. The zero-order chi connectivity index (χ0) is 8.97. The van der Waals surface area contributed by atoms with Crippen LogP contribution in [0.5, 0.6) is 0 Å². The van der Waals surface area contributed by atoms with Crippen LogP contribution >= 0.6 is 0 Å². The van der Waals surface area contributed by atoms with Crippen molar-refractivity contribution in [1.82, 2.24) is 10.3 Å². The van der Waals surface area contributed by atoms with Crippen molar-refractivity contribution in [3.8, 4) is 0 Å². The van der Waals surface area contributed by atoms with E-state index in [9.17, 15) is 4.79 Å². The minimum atomic E-state index is -0.248. The van der Waals surface area contributed by atoms with Crippen LogP contribution in [0.4, 0.5) is 4.79 Å². The number of hydrogen-bond acceptors (Lipinski definition) is 3. The summed E-state index contributed by atoms with van der Waals surface area (Å²) in [6.07, 6.45) is 1.03. The zero-order valence-corrected chi connectivity index (χ0v) is 7.25. The van der Waals surface area contributed by atoms with Gasteiger partial charge in [-0.15, -0.1) is 0 Å². The standard InChI is InChI=1S/C7H15N3O2/c1-10(7(11)9-8)4-6-2-3-12-5-6/h6H,2-5,8H2,1H3,(H,9,11). The van der Waals surface area contributed by atoms with Gasteiger partial charge in [-0.05, 0) is 6.42 Å². The van der Waals surface area contributed by atoms with Gasteiger partial charge < -0.3 is 9.64 Å². The molecule has 0 aliphatic carbocycles. The highest BCUT2D eigenvalue weighted by molar-refractivity contribution is 5.73. The van der Waals surface area contributed by atoms with Gasteiger partial charge in [0.1, 0.15) is 0 Å². The maximum Gasteiger partial charge on any atom is 0.331 e. The smallest absolute Gasteiger partial charge is 0.331 e. The zero-order valence-electron chi connectivity index (χ0n) is 7.25. The molecule has 12 heavy (non-hydrogen) atoms. The topological polar surface area (TPSA) is 67.6 Å². The Bertz CT molecular complexity index is 157. The van der Waals surface area contributed by atoms with Crippen molar-refractivity contribution in [3.63, 3.8) is 0 Å². The molecular formula is C7H15N3O2. The molecule has 0 radical (unpaired) electrons. The largest absolute Gasteiger partial charge is 0.381 e. The molecule has 1 unspecified atom stereocenters. The fourth-order valence-electron chi connectivity index (χ4n) is 1.31. The number of hydrogen-bond donors (Lipinski definition) is 2. The number of amides is 2. The summed E-state index contributed by atoms with van der Waals surface area (Å²) in [5.74, 6) is 5.44. The van der Waals surface area contributed by atoms with Crippen LogP contribution in [0, 0.1) is 5.92 Å². The molecule has 0 saturated carbocycles. The number of nitrogens with one attached hydrogen (secondary N) is 1. The van der Waals surface area contributed by atoms with Crippen molar-refractivity contribution in [2.45, 2.75) is 6.42 Å². The molecule has 1 fully saturated rings. The first-order valence-electron chi connectivity index (χ1n) is 4.03. The van der Waals surface area contributed by atoms with Crippen molar-refractivity contribution in [1.29, 1.82) is 0 Å². The lowest BCUT2D eigenvalue weighted by molar-refractivity contribution is 0.171. The monoisotopic (exact) mass is 173 g/mol. The van der Waals surface area contributed by atoms with Gasteiger partial charge in [-0.2, -0.15) is 0 Å². The summed E-state index contributed by atoms with van der Waals surface area (Å²) < 4.78 is 5.18. The predicted octanol–water partition coefficient (Wildman–Crippen LogP) is -0.462. The Morgan fingerprint density at radius 1 is 1.83 bits per heavy atom. The number of rotatable bonds is 2. The first-order chi connectivity index (χ1) is 5.74. The summed E-state index contributed by atoms with van der Waals surface area (Å²) in [5.41, 5.74) is 2.08. The van der Waals surface area contributed by atoms with Crippen LogP contribution in [0.15, 0.2) is 0 Å². The molecule has 3 N–H and O–H groups in total. The first kappa shape index (κ1) is 9.28. The number of carbonyl (C=O) groups excluding carboxylic acids is 1. The quantitative estimate of drug-likeness (QED) is 0.337. The number of carbonyl (C=O) groups is 1. The summed E-state index contributed by atoms with van der Waals surface area (Å²) in [6, 6.07) is -0.248. The molecular weight excluding hydrogens is 158 g/mol. The second kappa shape index (κ2) is 4.27. The predicted molar refractivity (Wildman–Crippen MR) is 44.3 cm³/mol. The van der Waals surface area contributed by atoms with E-state index in [0.717, 1.165) is 19.6 Å². The van der Waals surface area contributed by atoms with E-state index in [2.05, 4.69) is 5.43 Å². The highest BCUT2D eigenvalue weighted by atomic mass is 16.5. The minimum absolute atomic E-state index is 0.248. The summed E-state index contributed by atoms with van der Waals surface area (Å²) in [4.78, 5) is 12.5. The molecule has 1 aliphatic heterocycles. The third-order valence-corrected chi connectivity index (χ3v) is 2.03. The van der Waals surface area contributed by atoms with Crippen molar-refractivity contribution >= 4 is 6.03 Å². The molecule has 0 aromatic heterocycles. The fourth-order valence-corrected chi connectivity index (χ4v) is 1.31. The summed E-state index contributed by atoms with van der Waals surface area (Å²) in [6.45, 7) is 2.27. The third kappa shape index (κ3) is 2.35. The molecule has 2 amide bonds. The molecule has 0 spiro atoms. The van der Waals surface area contributed by atoms with Crippen LogP contribution in [0.25, 0.3) is 0 Å². The van der Waals surface area contributed by atoms with Gasteiger partial charge in [0.05, 0.1) is 6.61 Å². The second-order valence-electron chi connectivity index (χ2n) is 3.06. The van der Waals surface area contributed by atoms with E-state index in [1.54, 1.807) is 11.9 Å². The number of nitrogens with zero attached hydrogens (tertiary/aromatic N) is 1. The molecule has 1 saturated heterocycles. The van der Waals surface area contributed by atoms with Gasteiger partial charge in [0.15, 0.2) is 0 Å². The van der Waals surface area contributed by atoms with Crippen molar-refractivity contribution in [2.24, 2.45) is 11.8 Å². The highest BCUT2D eigenvalue weighted by Gasteiger charge is 2.19. The molecule has 5 heteroatoms. The van der Waals surface area contributed by atoms with Gasteiger partial charge in [-0.25, -0.2) is 10.6 Å². The maximum atomic E-state index is 10.9. The van der Waals surface area contributed by atoms with Gasteiger partial charge in [-0.1, -0.05) is 0 Å². The van der Waals surface area contributed by atoms with E-state index in [0.29, 0.717) is 12.5 Å². The lowest BCUT2D eigenvalue weighted by Crippen LogP contribution is -2.43. The average Bonchev–Trinajstić information content (AvgIpc) is 2.55. The van der Waals surface area contributed by atoms with E-state index >= 15 is 0 Å². The molecule has 70 valence electrons. The molecule has 0 aromatic carbocycles.